The van der Waals surface area contributed by atoms with E-state index in [1.165, 1.54) is 0 Å². The molecule has 0 radical (unpaired) electrons. The van der Waals surface area contributed by atoms with Gasteiger partial charge in [-0.3, -0.25) is 10.6 Å². The largest absolute Gasteiger partial charge is 0.270 e. The van der Waals surface area contributed by atoms with Crippen LogP contribution in [0.4, 0.5) is 0 Å². The van der Waals surface area contributed by atoms with E-state index in [2.05, 4.69) is 16.5 Å². The van der Waals surface area contributed by atoms with Crippen LogP contribution in [-0.2, 0) is 4.79 Å². The minimum absolute atomic E-state index is 0.132. The van der Waals surface area contributed by atoms with Crippen LogP contribution >= 0.6 is 0 Å². The summed E-state index contributed by atoms with van der Waals surface area (Å²) in [7, 11) is 0. The third-order valence-corrected chi connectivity index (χ3v) is 0.809. The van der Waals surface area contributed by atoms with Crippen LogP contribution < -0.4 is 22.3 Å². The lowest BCUT2D eigenvalue weighted by Crippen LogP contribution is -2.51. The highest BCUT2D eigenvalue weighted by Crippen LogP contribution is 1.78. The fraction of sp³-hybridized carbons (Fsp3) is 0.500. The number of hydrogen-bond donors (Lipinski definition) is 4. The quantitative estimate of drug-likeness (QED) is 0.220. The van der Waals surface area contributed by atoms with E-state index >= 15 is 0 Å². The Morgan fingerprint density at radius 1 is 1.88 bits per heavy atom. The number of amides is 1. The number of carbonyl (C=O) groups excluding carboxylic acids is 1. The first kappa shape index (κ1) is 5.45. The Morgan fingerprint density at radius 2 is 2.62 bits per heavy atom. The van der Waals surface area contributed by atoms with Gasteiger partial charge in [0.05, 0.1) is 6.54 Å². The molecule has 6 nitrogen and oxygen atoms in total. The fourth-order valence-corrected chi connectivity index (χ4v) is 0.440. The van der Waals surface area contributed by atoms with Gasteiger partial charge in [-0.25, -0.2) is 5.43 Å². The van der Waals surface area contributed by atoms with Gasteiger partial charge in [-0.2, -0.15) is 16.2 Å². The second-order valence-electron chi connectivity index (χ2n) is 1.32. The molecule has 1 aliphatic heterocycles. The first-order valence-electron chi connectivity index (χ1n) is 2.12. The standard InChI is InChI=1S/C2H7N5O/c3-5-7-2(8)1-4-6-7/h4-6H,1,3H2. The summed E-state index contributed by atoms with van der Waals surface area (Å²) in [5, 5.41) is 1.06. The van der Waals surface area contributed by atoms with Crippen LogP contribution in [0.5, 0.6) is 0 Å². The molecule has 0 aromatic carbocycles. The van der Waals surface area contributed by atoms with E-state index in [1.54, 1.807) is 0 Å². The average molecular weight is 117 g/mol. The zero-order valence-electron chi connectivity index (χ0n) is 4.14. The summed E-state index contributed by atoms with van der Waals surface area (Å²) in [6.45, 7) is 0.268. The Bertz CT molecular complexity index is 103. The van der Waals surface area contributed by atoms with Crippen molar-refractivity contribution in [1.29, 1.82) is 0 Å². The fourth-order valence-electron chi connectivity index (χ4n) is 0.440. The lowest BCUT2D eigenvalue weighted by molar-refractivity contribution is -0.132. The third kappa shape index (κ3) is 0.771. The summed E-state index contributed by atoms with van der Waals surface area (Å²) >= 11 is 0. The average Bonchev–Trinajstić information content (AvgIpc) is 2.14. The van der Waals surface area contributed by atoms with E-state index in [0.29, 0.717) is 0 Å². The lowest BCUT2D eigenvalue weighted by Gasteiger charge is -2.09. The molecule has 1 aliphatic rings. The lowest BCUT2D eigenvalue weighted by atomic mass is 10.6. The van der Waals surface area contributed by atoms with Crippen LogP contribution in [0.25, 0.3) is 0 Å². The first-order valence-corrected chi connectivity index (χ1v) is 2.12. The Morgan fingerprint density at radius 3 is 2.88 bits per heavy atom. The molecular weight excluding hydrogens is 110 g/mol. The van der Waals surface area contributed by atoms with Crippen molar-refractivity contribution in [2.45, 2.75) is 0 Å². The maximum absolute atomic E-state index is 10.5. The van der Waals surface area contributed by atoms with E-state index in [0.717, 1.165) is 5.12 Å². The number of nitrogens with two attached hydrogens (primary N) is 1. The number of rotatable bonds is 1. The topological polar surface area (TPSA) is 82.4 Å². The van der Waals surface area contributed by atoms with Crippen molar-refractivity contribution in [1.82, 2.24) is 21.6 Å². The maximum atomic E-state index is 10.5. The molecule has 1 rings (SSSR count). The monoisotopic (exact) mass is 117 g/mol. The molecule has 0 unspecified atom stereocenters. The second kappa shape index (κ2) is 2.05. The van der Waals surface area contributed by atoms with Gasteiger partial charge in [0, 0.05) is 0 Å². The molecule has 0 bridgehead atoms. The molecule has 1 fully saturated rings. The van der Waals surface area contributed by atoms with Gasteiger partial charge in [-0.15, -0.1) is 0 Å². The predicted molar refractivity (Wildman–Crippen MR) is 25.3 cm³/mol. The van der Waals surface area contributed by atoms with Gasteiger partial charge >= 0.3 is 0 Å². The van der Waals surface area contributed by atoms with Crippen molar-refractivity contribution in [3.8, 4) is 0 Å². The number of hydrazine groups is 4. The van der Waals surface area contributed by atoms with Crippen LogP contribution in [-0.4, -0.2) is 17.6 Å². The Labute approximate surface area is 45.9 Å². The van der Waals surface area contributed by atoms with Crippen LogP contribution in [0.1, 0.15) is 0 Å². The molecule has 0 spiro atoms. The van der Waals surface area contributed by atoms with E-state index in [4.69, 9.17) is 5.84 Å². The summed E-state index contributed by atoms with van der Waals surface area (Å²) in [4.78, 5) is 10.5. The number of carbonyl (C=O) groups is 1. The highest BCUT2D eigenvalue weighted by Gasteiger charge is 2.16. The molecule has 0 aromatic heterocycles. The summed E-state index contributed by atoms with van der Waals surface area (Å²) in [5.41, 5.74) is 7.13. The maximum Gasteiger partial charge on any atom is 0.269 e. The smallest absolute Gasteiger partial charge is 0.269 e. The molecule has 0 saturated carbocycles. The summed E-state index contributed by atoms with van der Waals surface area (Å²) in [6.07, 6.45) is 0. The first-order chi connectivity index (χ1) is 3.84. The molecule has 8 heavy (non-hydrogen) atoms. The summed E-state index contributed by atoms with van der Waals surface area (Å²) in [6, 6.07) is 0. The van der Waals surface area contributed by atoms with Crippen LogP contribution in [0, 0.1) is 0 Å². The van der Waals surface area contributed by atoms with Gasteiger partial charge in [-0.05, 0) is 0 Å². The van der Waals surface area contributed by atoms with Crippen molar-refractivity contribution in [3.63, 3.8) is 0 Å². The predicted octanol–water partition coefficient (Wildman–Crippen LogP) is -2.78. The molecule has 0 aliphatic carbocycles. The highest BCUT2D eigenvalue weighted by molar-refractivity contribution is 5.78. The Kier molecular flexibility index (Phi) is 1.40. The molecule has 1 heterocycles. The number of hydrogen-bond acceptors (Lipinski definition) is 5. The van der Waals surface area contributed by atoms with Gasteiger partial charge in [0.25, 0.3) is 5.91 Å². The Hall–Kier alpha value is -0.690. The van der Waals surface area contributed by atoms with E-state index in [1.807, 2.05) is 0 Å². The van der Waals surface area contributed by atoms with Gasteiger partial charge in [0.1, 0.15) is 0 Å². The molecular formula is C2H7N5O. The van der Waals surface area contributed by atoms with E-state index < -0.39 is 0 Å². The van der Waals surface area contributed by atoms with Crippen molar-refractivity contribution in [3.05, 3.63) is 0 Å². The molecule has 46 valence electrons. The van der Waals surface area contributed by atoms with Crippen LogP contribution in [0.3, 0.4) is 0 Å². The number of nitrogens with one attached hydrogen (secondary N) is 3. The number of nitrogens with zero attached hydrogens (tertiary/aromatic N) is 1. The van der Waals surface area contributed by atoms with Crippen molar-refractivity contribution < 1.29 is 4.79 Å². The minimum Gasteiger partial charge on any atom is -0.270 e. The third-order valence-electron chi connectivity index (χ3n) is 0.809. The van der Waals surface area contributed by atoms with Gasteiger partial charge in [0.2, 0.25) is 0 Å². The zero-order valence-corrected chi connectivity index (χ0v) is 4.14. The van der Waals surface area contributed by atoms with Crippen molar-refractivity contribution >= 4 is 5.91 Å². The zero-order chi connectivity index (χ0) is 5.98. The molecule has 0 aromatic rings. The van der Waals surface area contributed by atoms with Gasteiger partial charge < -0.3 is 0 Å². The van der Waals surface area contributed by atoms with E-state index in [-0.39, 0.29) is 12.5 Å². The van der Waals surface area contributed by atoms with Crippen LogP contribution in [0.15, 0.2) is 0 Å². The van der Waals surface area contributed by atoms with Crippen LogP contribution in [0.2, 0.25) is 0 Å². The SMILES string of the molecule is NNN1NNCC1=O. The minimum atomic E-state index is -0.132. The molecule has 6 heteroatoms. The highest BCUT2D eigenvalue weighted by atomic mass is 16.2. The van der Waals surface area contributed by atoms with Gasteiger partial charge in [-0.1, -0.05) is 0 Å². The Balaban J connectivity index is 2.42. The molecule has 5 N–H and O–H groups in total. The molecule has 1 saturated heterocycles. The summed E-state index contributed by atoms with van der Waals surface area (Å²) < 4.78 is 0. The second-order valence-corrected chi connectivity index (χ2v) is 1.32. The summed E-state index contributed by atoms with van der Waals surface area (Å²) in [5.74, 6) is 4.74. The normalized spacial score (nSPS) is 20.1. The molecule has 1 amide bonds. The van der Waals surface area contributed by atoms with Crippen molar-refractivity contribution in [2.75, 3.05) is 6.54 Å². The van der Waals surface area contributed by atoms with Crippen molar-refractivity contribution in [2.24, 2.45) is 5.84 Å². The van der Waals surface area contributed by atoms with Gasteiger partial charge in [0.15, 0.2) is 0 Å². The molecule has 0 atom stereocenters. The van der Waals surface area contributed by atoms with E-state index in [9.17, 15) is 4.79 Å².